The third-order valence-corrected chi connectivity index (χ3v) is 2.44. The molecule has 0 heterocycles. The first-order chi connectivity index (χ1) is 9.63. The highest BCUT2D eigenvalue weighted by Gasteiger charge is 2.11. The molecule has 0 fully saturated rings. The molecule has 0 aromatic heterocycles. The van der Waals surface area contributed by atoms with Crippen molar-refractivity contribution in [2.75, 3.05) is 12.6 Å². The second-order valence-corrected chi connectivity index (χ2v) is 3.57. The van der Waals surface area contributed by atoms with E-state index in [1.54, 1.807) is 25.1 Å². The molecule has 2 aromatic rings. The van der Waals surface area contributed by atoms with Crippen LogP contribution in [0.25, 0.3) is 10.8 Å². The molecular weight excluding hydrogens is 260 g/mol. The normalized spacial score (nSPS) is 9.15. The van der Waals surface area contributed by atoms with E-state index in [1.165, 1.54) is 6.07 Å². The number of hydrogen-bond donors (Lipinski definition) is 1. The summed E-state index contributed by atoms with van der Waals surface area (Å²) in [4.78, 5) is 0. The third-order valence-electron chi connectivity index (χ3n) is 2.44. The number of ether oxygens (including phenoxy) is 1. The zero-order valence-electron chi connectivity index (χ0n) is 12.8. The number of rotatable bonds is 2. The highest BCUT2D eigenvalue weighted by Crippen LogP contribution is 2.33. The molecule has 112 valence electrons. The molecule has 0 radical (unpaired) electrons. The number of anilines is 1. The molecule has 0 unspecified atom stereocenters. The van der Waals surface area contributed by atoms with Crippen LogP contribution in [0.2, 0.25) is 0 Å². The summed E-state index contributed by atoms with van der Waals surface area (Å²) in [6.07, 6.45) is 0. The molecule has 0 saturated heterocycles. The van der Waals surface area contributed by atoms with Gasteiger partial charge in [-0.3, -0.25) is 0 Å². The van der Waals surface area contributed by atoms with Gasteiger partial charge in [0.1, 0.15) is 0 Å². The molecule has 0 bridgehead atoms. The van der Waals surface area contributed by atoms with Crippen molar-refractivity contribution in [3.05, 3.63) is 35.6 Å². The number of halogens is 2. The van der Waals surface area contributed by atoms with Crippen molar-refractivity contribution in [2.45, 2.75) is 34.6 Å². The monoisotopic (exact) mass is 283 g/mol. The zero-order valence-corrected chi connectivity index (χ0v) is 12.8. The quantitative estimate of drug-likeness (QED) is 0.766. The molecule has 0 aliphatic carbocycles. The Labute approximate surface area is 119 Å². The fourth-order valence-electron chi connectivity index (χ4n) is 1.84. The smallest absolute Gasteiger partial charge is 0.228 e. The van der Waals surface area contributed by atoms with E-state index in [4.69, 9.17) is 5.73 Å². The summed E-state index contributed by atoms with van der Waals surface area (Å²) >= 11 is 0. The van der Waals surface area contributed by atoms with Crippen LogP contribution in [0.15, 0.2) is 24.3 Å². The summed E-state index contributed by atoms with van der Waals surface area (Å²) in [6, 6.07) is 6.24. The van der Waals surface area contributed by atoms with Crippen LogP contribution in [-0.4, -0.2) is 6.86 Å². The first-order valence-corrected chi connectivity index (χ1v) is 6.80. The van der Waals surface area contributed by atoms with Gasteiger partial charge in [-0.1, -0.05) is 33.8 Å². The van der Waals surface area contributed by atoms with Crippen LogP contribution in [0.5, 0.6) is 5.75 Å². The van der Waals surface area contributed by atoms with Crippen LogP contribution in [0.4, 0.5) is 14.5 Å². The van der Waals surface area contributed by atoms with Gasteiger partial charge in [0.05, 0.1) is 0 Å². The van der Waals surface area contributed by atoms with Crippen LogP contribution >= 0.6 is 0 Å². The summed E-state index contributed by atoms with van der Waals surface area (Å²) in [5.74, 6) is -0.629. The highest BCUT2D eigenvalue weighted by molar-refractivity contribution is 5.93. The summed E-state index contributed by atoms with van der Waals surface area (Å²) in [7, 11) is 0. The Morgan fingerprint density at radius 3 is 2.25 bits per heavy atom. The van der Waals surface area contributed by atoms with Gasteiger partial charge in [-0.2, -0.15) is 0 Å². The summed E-state index contributed by atoms with van der Waals surface area (Å²) < 4.78 is 30.3. The molecule has 20 heavy (non-hydrogen) atoms. The van der Waals surface area contributed by atoms with Gasteiger partial charge in [-0.15, -0.1) is 0 Å². The van der Waals surface area contributed by atoms with Crippen molar-refractivity contribution in [1.29, 1.82) is 0 Å². The Morgan fingerprint density at radius 1 is 1.10 bits per heavy atom. The zero-order chi connectivity index (χ0) is 15.7. The molecule has 2 aromatic carbocycles. The van der Waals surface area contributed by atoms with Gasteiger partial charge in [-0.25, -0.2) is 8.78 Å². The van der Waals surface area contributed by atoms with Crippen LogP contribution in [0, 0.1) is 12.7 Å². The fourth-order valence-corrected chi connectivity index (χ4v) is 1.84. The summed E-state index contributed by atoms with van der Waals surface area (Å²) in [5.41, 5.74) is 7.03. The molecule has 0 aliphatic heterocycles. The maximum absolute atomic E-state index is 13.5. The van der Waals surface area contributed by atoms with Gasteiger partial charge in [0.25, 0.3) is 0 Å². The first kappa shape index (κ1) is 18.2. The number of benzene rings is 2. The minimum atomic E-state index is -1.06. The van der Waals surface area contributed by atoms with E-state index in [0.29, 0.717) is 11.1 Å². The first-order valence-electron chi connectivity index (χ1n) is 6.80. The number of nitrogen functional groups attached to an aromatic ring is 1. The molecule has 0 aliphatic rings. The lowest BCUT2D eigenvalue weighted by Crippen LogP contribution is -1.97. The minimum absolute atomic E-state index is 0.0579. The van der Waals surface area contributed by atoms with Crippen LogP contribution in [0.3, 0.4) is 0 Å². The van der Waals surface area contributed by atoms with Crippen LogP contribution < -0.4 is 10.5 Å². The van der Waals surface area contributed by atoms with E-state index < -0.39 is 12.7 Å². The number of fused-ring (bicyclic) bond motifs is 1. The largest absolute Gasteiger partial charge is 0.459 e. The number of hydrogen-bond acceptors (Lipinski definition) is 2. The molecule has 0 saturated carbocycles. The van der Waals surface area contributed by atoms with E-state index in [0.717, 1.165) is 10.9 Å². The average molecular weight is 283 g/mol. The molecular formula is C16H23F2NO. The van der Waals surface area contributed by atoms with Crippen molar-refractivity contribution in [1.82, 2.24) is 0 Å². The molecule has 2 N–H and O–H groups in total. The average Bonchev–Trinajstić information content (AvgIpc) is 2.46. The number of aryl methyl sites for hydroxylation is 1. The Balaban J connectivity index is 0.000000829. The Bertz CT molecular complexity index is 541. The lowest BCUT2D eigenvalue weighted by Gasteiger charge is -2.10. The van der Waals surface area contributed by atoms with Crippen molar-refractivity contribution >= 4 is 16.5 Å². The highest BCUT2D eigenvalue weighted by atomic mass is 19.1. The van der Waals surface area contributed by atoms with Crippen LogP contribution in [0.1, 0.15) is 33.3 Å². The van der Waals surface area contributed by atoms with E-state index in [1.807, 2.05) is 27.7 Å². The summed E-state index contributed by atoms with van der Waals surface area (Å²) in [5, 5.41) is 1.30. The van der Waals surface area contributed by atoms with Crippen molar-refractivity contribution in [3.63, 3.8) is 0 Å². The predicted molar refractivity (Wildman–Crippen MR) is 82.4 cm³/mol. The van der Waals surface area contributed by atoms with Gasteiger partial charge in [0.2, 0.25) is 6.86 Å². The molecule has 2 rings (SSSR count). The van der Waals surface area contributed by atoms with E-state index in [-0.39, 0.29) is 5.75 Å². The minimum Gasteiger partial charge on any atom is -0.459 e. The van der Waals surface area contributed by atoms with Crippen molar-refractivity contribution in [2.24, 2.45) is 0 Å². The molecule has 0 atom stereocenters. The second kappa shape index (κ2) is 9.13. The molecule has 0 amide bonds. The lowest BCUT2D eigenvalue weighted by atomic mass is 10.0. The molecule has 0 spiro atoms. The van der Waals surface area contributed by atoms with Crippen molar-refractivity contribution < 1.29 is 13.5 Å². The maximum atomic E-state index is 13.5. The fraction of sp³-hybridized carbons (Fsp3) is 0.375. The molecule has 2 nitrogen and oxygen atoms in total. The summed E-state index contributed by atoms with van der Waals surface area (Å²) in [6.45, 7) is 8.73. The SMILES string of the molecule is CC.CC.Cc1cc(N)cc2ccc(F)c(OCF)c12. The Morgan fingerprint density at radius 2 is 1.70 bits per heavy atom. The topological polar surface area (TPSA) is 35.2 Å². The van der Waals surface area contributed by atoms with Crippen molar-refractivity contribution in [3.8, 4) is 5.75 Å². The van der Waals surface area contributed by atoms with E-state index in [9.17, 15) is 8.78 Å². The standard InChI is InChI=1S/C12H11F2NO.2C2H6/c1-7-4-9(15)5-8-2-3-10(14)12(11(7)8)16-6-13;2*1-2/h2-5H,6,15H2,1H3;2*1-2H3. The third kappa shape index (κ3) is 4.08. The Hall–Kier alpha value is -1.84. The molecule has 4 heteroatoms. The van der Waals surface area contributed by atoms with Gasteiger partial charge in [0, 0.05) is 11.1 Å². The lowest BCUT2D eigenvalue weighted by molar-refractivity contribution is 0.187. The number of nitrogens with two attached hydrogens (primary N) is 1. The van der Waals surface area contributed by atoms with E-state index in [2.05, 4.69) is 4.74 Å². The van der Waals surface area contributed by atoms with E-state index >= 15 is 0 Å². The maximum Gasteiger partial charge on any atom is 0.228 e. The number of alkyl halides is 1. The Kier molecular flexibility index (Phi) is 8.29. The predicted octanol–water partition coefficient (Wildman–Crippen LogP) is 5.23. The van der Waals surface area contributed by atoms with Gasteiger partial charge in [0.15, 0.2) is 11.6 Å². The van der Waals surface area contributed by atoms with Gasteiger partial charge >= 0.3 is 0 Å². The van der Waals surface area contributed by atoms with Gasteiger partial charge in [-0.05, 0) is 36.1 Å². The second-order valence-electron chi connectivity index (χ2n) is 3.57. The van der Waals surface area contributed by atoms with Gasteiger partial charge < -0.3 is 10.5 Å². The van der Waals surface area contributed by atoms with Crippen LogP contribution in [-0.2, 0) is 0 Å².